The first-order valence-corrected chi connectivity index (χ1v) is 10.00. The maximum atomic E-state index is 12.2. The van der Waals surface area contributed by atoms with Crippen molar-refractivity contribution >= 4 is 40.1 Å². The lowest BCUT2D eigenvalue weighted by Gasteiger charge is -2.17. The number of esters is 2. The molecule has 0 spiro atoms. The van der Waals surface area contributed by atoms with Crippen molar-refractivity contribution in [1.29, 1.82) is 0 Å². The van der Waals surface area contributed by atoms with Gasteiger partial charge in [0.25, 0.3) is 5.91 Å². The van der Waals surface area contributed by atoms with Gasteiger partial charge in [-0.1, -0.05) is 30.3 Å². The van der Waals surface area contributed by atoms with Crippen LogP contribution in [0.15, 0.2) is 30.3 Å². The molecule has 0 aliphatic rings. The first kappa shape index (κ1) is 23.1. The number of thiophene rings is 1. The van der Waals surface area contributed by atoms with Gasteiger partial charge in [0.05, 0.1) is 25.1 Å². The lowest BCUT2D eigenvalue weighted by Crippen LogP contribution is -2.29. The summed E-state index contributed by atoms with van der Waals surface area (Å²) < 4.78 is 9.82. The zero-order chi connectivity index (χ0) is 22.3. The summed E-state index contributed by atoms with van der Waals surface area (Å²) in [7, 11) is 1.26. The third kappa shape index (κ3) is 6.15. The molecule has 2 aromatic rings. The van der Waals surface area contributed by atoms with Crippen LogP contribution in [0.2, 0.25) is 0 Å². The van der Waals surface area contributed by atoms with Gasteiger partial charge in [-0.05, 0) is 25.0 Å². The van der Waals surface area contributed by atoms with Gasteiger partial charge in [0.2, 0.25) is 5.91 Å². The number of carbonyl (C=O) groups is 4. The monoisotopic (exact) mass is 432 g/mol. The second kappa shape index (κ2) is 10.5. The van der Waals surface area contributed by atoms with Crippen molar-refractivity contribution in [3.05, 3.63) is 51.9 Å². The van der Waals surface area contributed by atoms with E-state index >= 15 is 0 Å². The Labute approximate surface area is 178 Å². The van der Waals surface area contributed by atoms with Crippen LogP contribution in [-0.2, 0) is 23.9 Å². The number of hydrogen-bond acceptors (Lipinski definition) is 7. The Morgan fingerprint density at radius 2 is 1.77 bits per heavy atom. The number of rotatable bonds is 8. The molecule has 0 bridgehead atoms. The van der Waals surface area contributed by atoms with Crippen LogP contribution in [0.5, 0.6) is 0 Å². The van der Waals surface area contributed by atoms with Crippen molar-refractivity contribution in [2.24, 2.45) is 0 Å². The summed E-state index contributed by atoms with van der Waals surface area (Å²) in [5.74, 6) is -2.05. The fourth-order valence-corrected chi connectivity index (χ4v) is 3.84. The van der Waals surface area contributed by atoms with Gasteiger partial charge in [-0.2, -0.15) is 0 Å². The summed E-state index contributed by atoms with van der Waals surface area (Å²) >= 11 is 1.24. The largest absolute Gasteiger partial charge is 0.465 e. The van der Waals surface area contributed by atoms with Gasteiger partial charge in [-0.15, -0.1) is 11.3 Å². The standard InChI is InChI=1S/C21H24N2O6S/c1-12-13(2)30-20(19(12)21(27)28-4)23-17(25)11-29-18(26)10-16(22-14(3)24)15-8-6-5-7-9-15/h5-9,16H,10-11H2,1-4H3,(H,22,24)(H,23,25)/t16-/m0/s1. The highest BCUT2D eigenvalue weighted by molar-refractivity contribution is 7.16. The number of ether oxygens (including phenoxy) is 2. The van der Waals surface area contributed by atoms with E-state index in [4.69, 9.17) is 9.47 Å². The molecule has 1 aromatic carbocycles. The quantitative estimate of drug-likeness (QED) is 0.621. The van der Waals surface area contributed by atoms with Gasteiger partial charge in [0.15, 0.2) is 6.61 Å². The van der Waals surface area contributed by atoms with E-state index in [2.05, 4.69) is 10.6 Å². The Kier molecular flexibility index (Phi) is 8.11. The predicted molar refractivity (Wildman–Crippen MR) is 112 cm³/mol. The molecular weight excluding hydrogens is 408 g/mol. The maximum absolute atomic E-state index is 12.2. The molecule has 0 saturated heterocycles. The van der Waals surface area contributed by atoms with Crippen molar-refractivity contribution in [2.75, 3.05) is 19.0 Å². The highest BCUT2D eigenvalue weighted by Crippen LogP contribution is 2.32. The number of carbonyl (C=O) groups excluding carboxylic acids is 4. The molecule has 0 fully saturated rings. The van der Waals surface area contributed by atoms with Crippen molar-refractivity contribution in [1.82, 2.24) is 5.32 Å². The van der Waals surface area contributed by atoms with Crippen LogP contribution < -0.4 is 10.6 Å². The van der Waals surface area contributed by atoms with E-state index < -0.39 is 30.5 Å². The lowest BCUT2D eigenvalue weighted by molar-refractivity contribution is -0.148. The average Bonchev–Trinajstić information content (AvgIpc) is 2.98. The highest BCUT2D eigenvalue weighted by Gasteiger charge is 2.23. The molecule has 1 aromatic heterocycles. The van der Waals surface area contributed by atoms with E-state index in [0.29, 0.717) is 5.00 Å². The number of benzene rings is 1. The van der Waals surface area contributed by atoms with E-state index in [-0.39, 0.29) is 17.9 Å². The topological polar surface area (TPSA) is 111 Å². The van der Waals surface area contributed by atoms with Gasteiger partial charge in [0.1, 0.15) is 5.00 Å². The van der Waals surface area contributed by atoms with Gasteiger partial charge in [-0.3, -0.25) is 14.4 Å². The normalized spacial score (nSPS) is 11.3. The zero-order valence-electron chi connectivity index (χ0n) is 17.2. The maximum Gasteiger partial charge on any atom is 0.341 e. The number of amides is 2. The Morgan fingerprint density at radius 1 is 1.10 bits per heavy atom. The van der Waals surface area contributed by atoms with Gasteiger partial charge in [-0.25, -0.2) is 4.79 Å². The fourth-order valence-electron chi connectivity index (χ4n) is 2.78. The van der Waals surface area contributed by atoms with E-state index in [0.717, 1.165) is 16.0 Å². The molecule has 0 aliphatic carbocycles. The number of hydrogen-bond donors (Lipinski definition) is 2. The summed E-state index contributed by atoms with van der Waals surface area (Å²) in [5.41, 5.74) is 1.76. The Morgan fingerprint density at radius 3 is 2.37 bits per heavy atom. The third-order valence-corrected chi connectivity index (χ3v) is 5.46. The van der Waals surface area contributed by atoms with E-state index in [1.54, 1.807) is 31.2 Å². The highest BCUT2D eigenvalue weighted by atomic mass is 32.1. The van der Waals surface area contributed by atoms with Gasteiger partial charge in [0, 0.05) is 11.8 Å². The predicted octanol–water partition coefficient (Wildman–Crippen LogP) is 2.90. The molecule has 0 aliphatic heterocycles. The van der Waals surface area contributed by atoms with E-state index in [9.17, 15) is 19.2 Å². The molecule has 2 N–H and O–H groups in total. The van der Waals surface area contributed by atoms with Crippen LogP contribution in [0.1, 0.15) is 45.7 Å². The average molecular weight is 432 g/mol. The lowest BCUT2D eigenvalue weighted by atomic mass is 10.0. The van der Waals surface area contributed by atoms with Crippen molar-refractivity contribution in [3.8, 4) is 0 Å². The summed E-state index contributed by atoms with van der Waals surface area (Å²) in [6.07, 6.45) is -0.124. The number of methoxy groups -OCH3 is 1. The number of nitrogens with one attached hydrogen (secondary N) is 2. The van der Waals surface area contributed by atoms with Crippen molar-refractivity contribution < 1.29 is 28.7 Å². The van der Waals surface area contributed by atoms with Crippen molar-refractivity contribution in [2.45, 2.75) is 33.2 Å². The molecule has 0 unspecified atom stereocenters. The van der Waals surface area contributed by atoms with E-state index in [1.807, 2.05) is 13.0 Å². The Hall–Kier alpha value is -3.20. The summed E-state index contributed by atoms with van der Waals surface area (Å²) in [6, 6.07) is 8.44. The third-order valence-electron chi connectivity index (χ3n) is 4.34. The molecule has 0 saturated carbocycles. The number of anilines is 1. The second-order valence-electron chi connectivity index (χ2n) is 6.56. The Balaban J connectivity index is 1.97. The summed E-state index contributed by atoms with van der Waals surface area (Å²) in [4.78, 5) is 48.7. The molecular formula is C21H24N2O6S. The van der Waals surface area contributed by atoms with Crippen LogP contribution in [0, 0.1) is 13.8 Å². The molecule has 2 amide bonds. The minimum atomic E-state index is -0.639. The molecule has 160 valence electrons. The Bertz CT molecular complexity index is 938. The van der Waals surface area contributed by atoms with Gasteiger partial charge >= 0.3 is 11.9 Å². The first-order chi connectivity index (χ1) is 14.2. The smallest absolute Gasteiger partial charge is 0.341 e. The molecule has 2 rings (SSSR count). The summed E-state index contributed by atoms with van der Waals surface area (Å²) in [6.45, 7) is 4.43. The summed E-state index contributed by atoms with van der Waals surface area (Å²) in [5, 5.41) is 5.64. The van der Waals surface area contributed by atoms with Crippen molar-refractivity contribution in [3.63, 3.8) is 0 Å². The minimum Gasteiger partial charge on any atom is -0.465 e. The second-order valence-corrected chi connectivity index (χ2v) is 7.78. The molecule has 1 heterocycles. The molecule has 8 nitrogen and oxygen atoms in total. The van der Waals surface area contributed by atoms with Crippen LogP contribution in [0.25, 0.3) is 0 Å². The van der Waals surface area contributed by atoms with Crippen LogP contribution in [0.4, 0.5) is 5.00 Å². The first-order valence-electron chi connectivity index (χ1n) is 9.18. The SMILES string of the molecule is COC(=O)c1c(NC(=O)COC(=O)C[C@H](NC(C)=O)c2ccccc2)sc(C)c1C. The van der Waals surface area contributed by atoms with Gasteiger partial charge < -0.3 is 20.1 Å². The molecule has 9 heteroatoms. The molecule has 30 heavy (non-hydrogen) atoms. The minimum absolute atomic E-state index is 0.124. The van der Waals surface area contributed by atoms with Crippen LogP contribution in [0.3, 0.4) is 0 Å². The zero-order valence-corrected chi connectivity index (χ0v) is 18.1. The van der Waals surface area contributed by atoms with Crippen LogP contribution in [-0.4, -0.2) is 37.5 Å². The number of aryl methyl sites for hydroxylation is 1. The molecule has 1 atom stereocenters. The molecule has 0 radical (unpaired) electrons. The van der Waals surface area contributed by atoms with Crippen LogP contribution >= 0.6 is 11.3 Å². The van der Waals surface area contributed by atoms with E-state index in [1.165, 1.54) is 25.4 Å². The fraction of sp³-hybridized carbons (Fsp3) is 0.333.